The summed E-state index contributed by atoms with van der Waals surface area (Å²) in [6, 6.07) is 4.87. The van der Waals surface area contributed by atoms with Crippen LogP contribution in [0.1, 0.15) is 37.2 Å². The number of ether oxygens (including phenoxy) is 1. The van der Waals surface area contributed by atoms with Crippen molar-refractivity contribution < 1.29 is 13.9 Å². The van der Waals surface area contributed by atoms with Crippen molar-refractivity contribution in [3.05, 3.63) is 29.6 Å². The summed E-state index contributed by atoms with van der Waals surface area (Å²) in [5.74, 6) is 0.917. The van der Waals surface area contributed by atoms with E-state index in [9.17, 15) is 9.18 Å². The summed E-state index contributed by atoms with van der Waals surface area (Å²) in [5, 5.41) is 0. The van der Waals surface area contributed by atoms with E-state index < -0.39 is 0 Å². The Morgan fingerprint density at radius 1 is 1.29 bits per heavy atom. The predicted octanol–water partition coefficient (Wildman–Crippen LogP) is 3.31. The van der Waals surface area contributed by atoms with Crippen LogP contribution in [0.25, 0.3) is 0 Å². The van der Waals surface area contributed by atoms with Crippen LogP contribution in [0.15, 0.2) is 18.2 Å². The molecule has 2 rings (SSSR count). The Morgan fingerprint density at radius 3 is 2.59 bits per heavy atom. The van der Waals surface area contributed by atoms with Crippen LogP contribution in [0, 0.1) is 11.7 Å². The second-order valence-corrected chi connectivity index (χ2v) is 4.64. The number of rotatable bonds is 3. The van der Waals surface area contributed by atoms with Crippen molar-refractivity contribution in [3.8, 4) is 5.75 Å². The van der Waals surface area contributed by atoms with Crippen LogP contribution in [-0.2, 0) is 4.79 Å². The van der Waals surface area contributed by atoms with Gasteiger partial charge in [0.25, 0.3) is 0 Å². The van der Waals surface area contributed by atoms with Gasteiger partial charge in [-0.1, -0.05) is 0 Å². The molecule has 0 spiro atoms. The fourth-order valence-corrected chi connectivity index (χ4v) is 2.53. The molecule has 0 aliphatic heterocycles. The van der Waals surface area contributed by atoms with E-state index in [4.69, 9.17) is 4.74 Å². The third-order valence-corrected chi connectivity index (χ3v) is 3.61. The topological polar surface area (TPSA) is 26.3 Å². The van der Waals surface area contributed by atoms with Crippen molar-refractivity contribution in [1.82, 2.24) is 0 Å². The smallest absolute Gasteiger partial charge is 0.126 e. The molecule has 0 heterocycles. The van der Waals surface area contributed by atoms with Crippen molar-refractivity contribution in [2.45, 2.75) is 31.6 Å². The Morgan fingerprint density at radius 2 is 2.00 bits per heavy atom. The van der Waals surface area contributed by atoms with Crippen LogP contribution >= 0.6 is 0 Å². The van der Waals surface area contributed by atoms with E-state index in [2.05, 4.69) is 0 Å². The number of carbonyl (C=O) groups is 1. The Labute approximate surface area is 101 Å². The Kier molecular flexibility index (Phi) is 3.77. The summed E-state index contributed by atoms with van der Waals surface area (Å²) in [5.41, 5.74) is 0.730. The summed E-state index contributed by atoms with van der Waals surface area (Å²) >= 11 is 0. The van der Waals surface area contributed by atoms with Gasteiger partial charge in [-0.15, -0.1) is 0 Å². The van der Waals surface area contributed by atoms with Crippen LogP contribution in [0.4, 0.5) is 4.39 Å². The molecule has 1 saturated carbocycles. The number of methoxy groups -OCH3 is 1. The van der Waals surface area contributed by atoms with E-state index in [0.717, 1.165) is 37.5 Å². The van der Waals surface area contributed by atoms with Crippen LogP contribution < -0.4 is 4.74 Å². The molecule has 1 aliphatic carbocycles. The second kappa shape index (κ2) is 5.30. The van der Waals surface area contributed by atoms with Crippen molar-refractivity contribution in [1.29, 1.82) is 0 Å². The summed E-state index contributed by atoms with van der Waals surface area (Å²) in [7, 11) is 1.58. The maximum absolute atomic E-state index is 13.7. The lowest BCUT2D eigenvalue weighted by Gasteiger charge is -2.26. The maximum atomic E-state index is 13.7. The molecule has 17 heavy (non-hydrogen) atoms. The summed E-state index contributed by atoms with van der Waals surface area (Å²) < 4.78 is 18.9. The molecule has 1 aromatic rings. The normalized spacial score (nSPS) is 24.4. The quantitative estimate of drug-likeness (QED) is 0.753. The molecule has 2 nitrogen and oxygen atoms in total. The lowest BCUT2D eigenvalue weighted by Crippen LogP contribution is -2.15. The van der Waals surface area contributed by atoms with Crippen LogP contribution in [-0.4, -0.2) is 13.4 Å². The highest BCUT2D eigenvalue weighted by Gasteiger charge is 2.24. The predicted molar refractivity (Wildman–Crippen MR) is 63.7 cm³/mol. The molecule has 3 heteroatoms. The van der Waals surface area contributed by atoms with Crippen molar-refractivity contribution in [2.75, 3.05) is 7.11 Å². The van der Waals surface area contributed by atoms with Gasteiger partial charge in [-0.05, 0) is 55.4 Å². The first kappa shape index (κ1) is 12.1. The van der Waals surface area contributed by atoms with E-state index in [0.29, 0.717) is 5.75 Å². The van der Waals surface area contributed by atoms with Gasteiger partial charge in [0.05, 0.1) is 7.11 Å². The average molecular weight is 236 g/mol. The van der Waals surface area contributed by atoms with Crippen LogP contribution in [0.5, 0.6) is 5.75 Å². The molecule has 92 valence electrons. The third kappa shape index (κ3) is 2.65. The van der Waals surface area contributed by atoms with Crippen LogP contribution in [0.3, 0.4) is 0 Å². The Balaban J connectivity index is 2.14. The largest absolute Gasteiger partial charge is 0.497 e. The Bertz CT molecular complexity index is 395. The maximum Gasteiger partial charge on any atom is 0.126 e. The molecule has 0 aromatic heterocycles. The number of hydrogen-bond acceptors (Lipinski definition) is 2. The molecule has 1 aromatic carbocycles. The van der Waals surface area contributed by atoms with Crippen molar-refractivity contribution >= 4 is 6.29 Å². The molecule has 0 unspecified atom stereocenters. The molecule has 1 fully saturated rings. The first-order valence-corrected chi connectivity index (χ1v) is 6.03. The minimum Gasteiger partial charge on any atom is -0.497 e. The zero-order chi connectivity index (χ0) is 12.3. The SMILES string of the molecule is COc1ccc(F)c(C2CCC(C=O)CC2)c1. The average Bonchev–Trinajstić information content (AvgIpc) is 2.39. The molecule has 1 aliphatic rings. The lowest BCUT2D eigenvalue weighted by atomic mass is 9.79. The second-order valence-electron chi connectivity index (χ2n) is 4.64. The Hall–Kier alpha value is -1.38. The first-order valence-electron chi connectivity index (χ1n) is 6.03. The number of benzene rings is 1. The molecule has 0 N–H and O–H groups in total. The minimum absolute atomic E-state index is 0.166. The van der Waals surface area contributed by atoms with Crippen LogP contribution in [0.2, 0.25) is 0 Å². The van der Waals surface area contributed by atoms with Crippen molar-refractivity contribution in [2.24, 2.45) is 5.92 Å². The van der Waals surface area contributed by atoms with E-state index >= 15 is 0 Å². The lowest BCUT2D eigenvalue weighted by molar-refractivity contribution is -0.111. The van der Waals surface area contributed by atoms with E-state index in [1.165, 1.54) is 6.07 Å². The van der Waals surface area contributed by atoms with Gasteiger partial charge in [-0.25, -0.2) is 4.39 Å². The number of aldehydes is 1. The van der Waals surface area contributed by atoms with Gasteiger partial charge >= 0.3 is 0 Å². The first-order chi connectivity index (χ1) is 8.24. The molecule has 0 atom stereocenters. The highest BCUT2D eigenvalue weighted by atomic mass is 19.1. The zero-order valence-electron chi connectivity index (χ0n) is 9.99. The standard InChI is InChI=1S/C14H17FO2/c1-17-12-6-7-14(15)13(8-12)11-4-2-10(9-16)3-5-11/h6-11H,2-5H2,1H3. The third-order valence-electron chi connectivity index (χ3n) is 3.61. The molecule has 0 radical (unpaired) electrons. The zero-order valence-corrected chi connectivity index (χ0v) is 9.99. The van der Waals surface area contributed by atoms with Gasteiger partial charge in [0.1, 0.15) is 17.9 Å². The van der Waals surface area contributed by atoms with Crippen molar-refractivity contribution in [3.63, 3.8) is 0 Å². The van der Waals surface area contributed by atoms with Gasteiger partial charge in [0.15, 0.2) is 0 Å². The van der Waals surface area contributed by atoms with Gasteiger partial charge < -0.3 is 9.53 Å². The number of halogens is 1. The minimum atomic E-state index is -0.166. The number of carbonyl (C=O) groups excluding carboxylic acids is 1. The van der Waals surface area contributed by atoms with E-state index in [1.807, 2.05) is 0 Å². The fourth-order valence-electron chi connectivity index (χ4n) is 2.53. The summed E-state index contributed by atoms with van der Waals surface area (Å²) in [6.07, 6.45) is 4.52. The van der Waals surface area contributed by atoms with Gasteiger partial charge in [-0.3, -0.25) is 0 Å². The summed E-state index contributed by atoms with van der Waals surface area (Å²) in [4.78, 5) is 10.7. The molecule has 0 amide bonds. The van der Waals surface area contributed by atoms with Gasteiger partial charge in [-0.2, -0.15) is 0 Å². The fraction of sp³-hybridized carbons (Fsp3) is 0.500. The molecule has 0 saturated heterocycles. The highest BCUT2D eigenvalue weighted by molar-refractivity contribution is 5.53. The molecular formula is C14H17FO2. The van der Waals surface area contributed by atoms with Gasteiger partial charge in [0, 0.05) is 5.92 Å². The highest BCUT2D eigenvalue weighted by Crippen LogP contribution is 2.37. The van der Waals surface area contributed by atoms with E-state index in [-0.39, 0.29) is 17.7 Å². The molecular weight excluding hydrogens is 219 g/mol. The van der Waals surface area contributed by atoms with Gasteiger partial charge in [0.2, 0.25) is 0 Å². The molecule has 0 bridgehead atoms. The van der Waals surface area contributed by atoms with E-state index in [1.54, 1.807) is 19.2 Å². The monoisotopic (exact) mass is 236 g/mol. The summed E-state index contributed by atoms with van der Waals surface area (Å²) in [6.45, 7) is 0. The number of hydrogen-bond donors (Lipinski definition) is 0.